The molecular weight excluding hydrogens is 270 g/mol. The first-order valence-corrected chi connectivity index (χ1v) is 8.81. The molecule has 0 spiro atoms. The molecule has 0 amide bonds. The Morgan fingerprint density at radius 1 is 1.10 bits per heavy atom. The second-order valence-electron chi connectivity index (χ2n) is 5.63. The van der Waals surface area contributed by atoms with Gasteiger partial charge in [-0.25, -0.2) is 8.42 Å². The van der Waals surface area contributed by atoms with Gasteiger partial charge in [0, 0.05) is 12.1 Å². The molecule has 1 heterocycles. The second kappa shape index (κ2) is 5.19. The minimum Gasteiger partial charge on any atom is -0.307 e. The van der Waals surface area contributed by atoms with Crippen molar-refractivity contribution in [2.24, 2.45) is 0 Å². The van der Waals surface area contributed by atoms with E-state index in [1.807, 2.05) is 18.2 Å². The van der Waals surface area contributed by atoms with Crippen molar-refractivity contribution in [2.45, 2.75) is 25.4 Å². The predicted molar refractivity (Wildman–Crippen MR) is 82.6 cm³/mol. The zero-order valence-electron chi connectivity index (χ0n) is 11.5. The maximum atomic E-state index is 12.0. The Bertz CT molecular complexity index is 724. The SMILES string of the molecule is CC1CCS(=O)(=O)CC(c2ccc3ccccc3c2)N1. The van der Waals surface area contributed by atoms with E-state index in [1.165, 1.54) is 5.39 Å². The first kappa shape index (κ1) is 13.6. The summed E-state index contributed by atoms with van der Waals surface area (Å²) in [6, 6.07) is 14.5. The van der Waals surface area contributed by atoms with Crippen LogP contribution in [0.3, 0.4) is 0 Å². The summed E-state index contributed by atoms with van der Waals surface area (Å²) >= 11 is 0. The largest absolute Gasteiger partial charge is 0.307 e. The Balaban J connectivity index is 2.00. The zero-order valence-corrected chi connectivity index (χ0v) is 12.4. The molecule has 2 unspecified atom stereocenters. The molecule has 3 nitrogen and oxygen atoms in total. The number of sulfone groups is 1. The minimum absolute atomic E-state index is 0.109. The summed E-state index contributed by atoms with van der Waals surface area (Å²) in [5.74, 6) is 0.473. The highest BCUT2D eigenvalue weighted by atomic mass is 32.2. The molecule has 2 aromatic rings. The fourth-order valence-corrected chi connectivity index (χ4v) is 4.46. The van der Waals surface area contributed by atoms with Crippen molar-refractivity contribution in [3.05, 3.63) is 48.0 Å². The molecule has 0 saturated carbocycles. The summed E-state index contributed by atoms with van der Waals surface area (Å²) < 4.78 is 24.0. The van der Waals surface area contributed by atoms with E-state index in [0.29, 0.717) is 6.42 Å². The highest BCUT2D eigenvalue weighted by Crippen LogP contribution is 2.24. The molecule has 0 radical (unpaired) electrons. The Kier molecular flexibility index (Phi) is 3.52. The summed E-state index contributed by atoms with van der Waals surface area (Å²) in [4.78, 5) is 0. The standard InChI is InChI=1S/C16H19NO2S/c1-12-8-9-20(18,19)11-16(17-12)15-7-6-13-4-2-3-5-14(13)10-15/h2-7,10,12,16-17H,8-9,11H2,1H3. The molecule has 20 heavy (non-hydrogen) atoms. The first-order chi connectivity index (χ1) is 9.53. The van der Waals surface area contributed by atoms with Gasteiger partial charge in [-0.15, -0.1) is 0 Å². The van der Waals surface area contributed by atoms with Crippen LogP contribution in [-0.2, 0) is 9.84 Å². The van der Waals surface area contributed by atoms with E-state index in [0.717, 1.165) is 10.9 Å². The molecule has 4 heteroatoms. The smallest absolute Gasteiger partial charge is 0.152 e. The number of rotatable bonds is 1. The van der Waals surface area contributed by atoms with Crippen molar-refractivity contribution < 1.29 is 8.42 Å². The molecule has 1 aliphatic heterocycles. The normalized spacial score (nSPS) is 26.2. The average molecular weight is 289 g/mol. The van der Waals surface area contributed by atoms with Crippen LogP contribution in [0.4, 0.5) is 0 Å². The van der Waals surface area contributed by atoms with E-state index in [9.17, 15) is 8.42 Å². The third kappa shape index (κ3) is 2.86. The van der Waals surface area contributed by atoms with Gasteiger partial charge in [0.2, 0.25) is 0 Å². The Morgan fingerprint density at radius 2 is 1.85 bits per heavy atom. The lowest BCUT2D eigenvalue weighted by Gasteiger charge is -2.19. The maximum absolute atomic E-state index is 12.0. The van der Waals surface area contributed by atoms with E-state index in [4.69, 9.17) is 0 Å². The predicted octanol–water partition coefficient (Wildman–Crippen LogP) is 2.68. The molecule has 1 saturated heterocycles. The van der Waals surface area contributed by atoms with Crippen LogP contribution >= 0.6 is 0 Å². The molecule has 106 valence electrons. The van der Waals surface area contributed by atoms with Gasteiger partial charge >= 0.3 is 0 Å². The number of hydrogen-bond acceptors (Lipinski definition) is 3. The highest BCUT2D eigenvalue weighted by Gasteiger charge is 2.26. The van der Waals surface area contributed by atoms with Crippen LogP contribution in [0.1, 0.15) is 24.9 Å². The Hall–Kier alpha value is -1.39. The van der Waals surface area contributed by atoms with E-state index in [2.05, 4.69) is 36.5 Å². The topological polar surface area (TPSA) is 46.2 Å². The van der Waals surface area contributed by atoms with E-state index >= 15 is 0 Å². The van der Waals surface area contributed by atoms with Crippen LogP contribution in [0, 0.1) is 0 Å². The van der Waals surface area contributed by atoms with Crippen molar-refractivity contribution in [3.8, 4) is 0 Å². The number of fused-ring (bicyclic) bond motifs is 1. The summed E-state index contributed by atoms with van der Waals surface area (Å²) in [7, 11) is -2.97. The van der Waals surface area contributed by atoms with Crippen LogP contribution in [0.25, 0.3) is 10.8 Å². The molecule has 1 fully saturated rings. The number of benzene rings is 2. The molecule has 1 N–H and O–H groups in total. The lowest BCUT2D eigenvalue weighted by molar-refractivity contribution is 0.484. The summed E-state index contributed by atoms with van der Waals surface area (Å²) in [6.45, 7) is 2.05. The molecule has 0 aromatic heterocycles. The van der Waals surface area contributed by atoms with Gasteiger partial charge in [0.05, 0.1) is 11.5 Å². The van der Waals surface area contributed by atoms with Crippen molar-refractivity contribution >= 4 is 20.6 Å². The van der Waals surface area contributed by atoms with Crippen LogP contribution < -0.4 is 5.32 Å². The van der Waals surface area contributed by atoms with Gasteiger partial charge in [0.25, 0.3) is 0 Å². The Labute approximate surface area is 119 Å². The first-order valence-electron chi connectivity index (χ1n) is 6.99. The van der Waals surface area contributed by atoms with E-state index < -0.39 is 9.84 Å². The van der Waals surface area contributed by atoms with Gasteiger partial charge in [-0.3, -0.25) is 0 Å². The van der Waals surface area contributed by atoms with E-state index in [-0.39, 0.29) is 23.6 Å². The summed E-state index contributed by atoms with van der Waals surface area (Å²) in [6.07, 6.45) is 0.687. The van der Waals surface area contributed by atoms with Gasteiger partial charge in [-0.05, 0) is 35.7 Å². The third-order valence-electron chi connectivity index (χ3n) is 3.94. The van der Waals surface area contributed by atoms with Crippen LogP contribution in [0.5, 0.6) is 0 Å². The number of hydrogen-bond donors (Lipinski definition) is 1. The molecular formula is C16H19NO2S. The second-order valence-corrected chi connectivity index (χ2v) is 7.86. The fraction of sp³-hybridized carbons (Fsp3) is 0.375. The van der Waals surface area contributed by atoms with Gasteiger partial charge in [-0.2, -0.15) is 0 Å². The molecule has 1 aliphatic rings. The highest BCUT2D eigenvalue weighted by molar-refractivity contribution is 7.91. The maximum Gasteiger partial charge on any atom is 0.152 e. The van der Waals surface area contributed by atoms with Crippen LogP contribution in [-0.4, -0.2) is 26.0 Å². The molecule has 2 atom stereocenters. The van der Waals surface area contributed by atoms with Gasteiger partial charge < -0.3 is 5.32 Å². The van der Waals surface area contributed by atoms with Gasteiger partial charge in [0.1, 0.15) is 0 Å². The molecule has 2 aromatic carbocycles. The van der Waals surface area contributed by atoms with Crippen LogP contribution in [0.15, 0.2) is 42.5 Å². The third-order valence-corrected chi connectivity index (χ3v) is 5.64. The fourth-order valence-electron chi connectivity index (χ4n) is 2.79. The van der Waals surface area contributed by atoms with Gasteiger partial charge in [-0.1, -0.05) is 36.4 Å². The quantitative estimate of drug-likeness (QED) is 0.878. The summed E-state index contributed by atoms with van der Waals surface area (Å²) in [5, 5.41) is 5.77. The van der Waals surface area contributed by atoms with Crippen molar-refractivity contribution in [1.29, 1.82) is 0 Å². The summed E-state index contributed by atoms with van der Waals surface area (Å²) in [5.41, 5.74) is 1.06. The Morgan fingerprint density at radius 3 is 2.65 bits per heavy atom. The molecule has 0 bridgehead atoms. The monoisotopic (exact) mass is 289 g/mol. The lowest BCUT2D eigenvalue weighted by Crippen LogP contribution is -2.30. The van der Waals surface area contributed by atoms with Crippen molar-refractivity contribution in [3.63, 3.8) is 0 Å². The van der Waals surface area contributed by atoms with Crippen LogP contribution in [0.2, 0.25) is 0 Å². The molecule has 0 aliphatic carbocycles. The molecule has 3 rings (SSSR count). The minimum atomic E-state index is -2.97. The number of nitrogens with one attached hydrogen (secondary N) is 1. The van der Waals surface area contributed by atoms with Crippen molar-refractivity contribution in [2.75, 3.05) is 11.5 Å². The average Bonchev–Trinajstić information content (AvgIpc) is 2.57. The zero-order chi connectivity index (χ0) is 14.2. The van der Waals surface area contributed by atoms with Gasteiger partial charge in [0.15, 0.2) is 9.84 Å². The van der Waals surface area contributed by atoms with E-state index in [1.54, 1.807) is 0 Å². The van der Waals surface area contributed by atoms with Crippen molar-refractivity contribution in [1.82, 2.24) is 5.32 Å². The lowest BCUT2D eigenvalue weighted by atomic mass is 10.0.